The first kappa shape index (κ1) is 10.5. The first-order chi connectivity index (χ1) is 4.20. The fourth-order valence-electron chi connectivity index (χ4n) is 0.800. The van der Waals surface area contributed by atoms with Gasteiger partial charge in [0, 0.05) is 0 Å². The Balaban J connectivity index is 0.000000810. The molecule has 0 aliphatic carbocycles. The van der Waals surface area contributed by atoms with Crippen LogP contribution in [0, 0.1) is 13.8 Å². The van der Waals surface area contributed by atoms with Gasteiger partial charge in [0.15, 0.2) is 0 Å². The van der Waals surface area contributed by atoms with Crippen molar-refractivity contribution >= 4 is 25.4 Å². The summed E-state index contributed by atoms with van der Waals surface area (Å²) in [5, 5.41) is 0. The van der Waals surface area contributed by atoms with Crippen molar-refractivity contribution in [3.05, 3.63) is 29.3 Å². The van der Waals surface area contributed by atoms with Crippen LogP contribution in [0.25, 0.3) is 0 Å². The molecule has 0 spiro atoms. The van der Waals surface area contributed by atoms with Crippen molar-refractivity contribution in [2.45, 2.75) is 13.8 Å². The summed E-state index contributed by atoms with van der Waals surface area (Å²) in [5.41, 5.74) is 2.74. The molecular weight excluding hydrogens is 200 g/mol. The van der Waals surface area contributed by atoms with Crippen molar-refractivity contribution in [1.82, 2.24) is 0 Å². The molecule has 1 rings (SSSR count). The minimum absolute atomic E-state index is 0. The van der Waals surface area contributed by atoms with Crippen molar-refractivity contribution in [2.24, 2.45) is 0 Å². The topological polar surface area (TPSA) is 0 Å². The van der Waals surface area contributed by atoms with Crippen LogP contribution in [0.1, 0.15) is 11.1 Å². The molecule has 10 heavy (non-hydrogen) atoms. The van der Waals surface area contributed by atoms with Crippen LogP contribution in [-0.4, -0.2) is 21.7 Å². The first-order valence-electron chi connectivity index (χ1n) is 3.09. The van der Waals surface area contributed by atoms with E-state index in [0.29, 0.717) is 0 Å². The molecule has 0 N–H and O–H groups in total. The quantitative estimate of drug-likeness (QED) is 0.438. The molecule has 0 saturated heterocycles. The molecule has 0 unspecified atom stereocenters. The van der Waals surface area contributed by atoms with E-state index in [0.717, 1.165) is 0 Å². The summed E-state index contributed by atoms with van der Waals surface area (Å²) in [6, 6.07) is 6.53. The molecule has 0 aliphatic rings. The van der Waals surface area contributed by atoms with E-state index in [1.54, 1.807) is 0 Å². The number of halogens is 1. The van der Waals surface area contributed by atoms with Gasteiger partial charge in [0.25, 0.3) is 0 Å². The van der Waals surface area contributed by atoms with Gasteiger partial charge < -0.3 is 17.0 Å². The average Bonchev–Trinajstić information content (AvgIpc) is 1.80. The van der Waals surface area contributed by atoms with Gasteiger partial charge in [0.2, 0.25) is 0 Å². The summed E-state index contributed by atoms with van der Waals surface area (Å²) in [6.45, 7) is 4.26. The van der Waals surface area contributed by atoms with Crippen molar-refractivity contribution < 1.29 is 17.0 Å². The largest absolute Gasteiger partial charge is 1.00 e. The number of benzene rings is 1. The Bertz CT molecular complexity index is 220. The zero-order valence-electron chi connectivity index (χ0n) is 6.32. The molecule has 0 amide bonds. The smallest absolute Gasteiger partial charge is 1.00 e. The maximum atomic E-state index is 2.22. The van der Waals surface area contributed by atoms with E-state index in [1.165, 1.54) is 14.8 Å². The Morgan fingerprint density at radius 2 is 1.80 bits per heavy atom. The zero-order chi connectivity index (χ0) is 6.85. The molecular formula is C8H9BrMg. The summed E-state index contributed by atoms with van der Waals surface area (Å²) in [5.74, 6) is 0. The van der Waals surface area contributed by atoms with E-state index in [-0.39, 0.29) is 17.0 Å². The van der Waals surface area contributed by atoms with Crippen molar-refractivity contribution in [3.8, 4) is 0 Å². The van der Waals surface area contributed by atoms with Crippen LogP contribution >= 0.6 is 0 Å². The molecule has 0 nitrogen and oxygen atoms in total. The molecule has 0 aromatic heterocycles. The molecule has 0 heterocycles. The Kier molecular flexibility index (Phi) is 4.57. The van der Waals surface area contributed by atoms with Gasteiger partial charge in [-0.15, -0.1) is 0 Å². The van der Waals surface area contributed by atoms with Crippen LogP contribution in [0.5, 0.6) is 0 Å². The Labute approximate surface area is 85.2 Å². The van der Waals surface area contributed by atoms with Crippen molar-refractivity contribution in [2.75, 3.05) is 0 Å². The molecule has 0 atom stereocenters. The maximum absolute atomic E-state index is 2.22. The van der Waals surface area contributed by atoms with Gasteiger partial charge in [-0.05, 0) is 0 Å². The van der Waals surface area contributed by atoms with E-state index in [2.05, 4.69) is 32.0 Å². The average molecular weight is 209 g/mol. The van der Waals surface area contributed by atoms with Crippen molar-refractivity contribution in [3.63, 3.8) is 0 Å². The maximum Gasteiger partial charge on any atom is -1.00 e. The van der Waals surface area contributed by atoms with Gasteiger partial charge in [-0.3, -0.25) is 0 Å². The third kappa shape index (κ3) is 2.60. The predicted molar refractivity (Wildman–Crippen MR) is 41.3 cm³/mol. The second kappa shape index (κ2) is 4.37. The summed E-state index contributed by atoms with van der Waals surface area (Å²) in [6.07, 6.45) is 0. The fraction of sp³-hybridized carbons (Fsp3) is 0.250. The predicted octanol–water partition coefficient (Wildman–Crippen LogP) is -1.90. The van der Waals surface area contributed by atoms with E-state index < -0.39 is 0 Å². The molecule has 1 aromatic rings. The molecule has 0 fully saturated rings. The molecule has 1 aromatic carbocycles. The molecule has 0 bridgehead atoms. The van der Waals surface area contributed by atoms with Gasteiger partial charge in [0.1, 0.15) is 0 Å². The molecule has 0 aliphatic heterocycles. The second-order valence-corrected chi connectivity index (χ2v) is 3.19. The van der Waals surface area contributed by atoms with E-state index in [9.17, 15) is 0 Å². The fourth-order valence-corrected chi connectivity index (χ4v) is 1.24. The van der Waals surface area contributed by atoms with Gasteiger partial charge in [0.05, 0.1) is 0 Å². The molecule has 0 saturated carbocycles. The minimum atomic E-state index is 0. The zero-order valence-corrected chi connectivity index (χ0v) is 9.32. The van der Waals surface area contributed by atoms with Crippen LogP contribution < -0.4 is 20.7 Å². The first-order valence-corrected chi connectivity index (χ1v) is 3.80. The third-order valence-electron chi connectivity index (χ3n) is 1.50. The van der Waals surface area contributed by atoms with Crippen LogP contribution in [0.4, 0.5) is 0 Å². The third-order valence-corrected chi connectivity index (χ3v) is 2.27. The summed E-state index contributed by atoms with van der Waals surface area (Å²) >= 11 is 1.95. The van der Waals surface area contributed by atoms with E-state index in [1.807, 2.05) is 21.7 Å². The van der Waals surface area contributed by atoms with Crippen LogP contribution in [0.3, 0.4) is 0 Å². The van der Waals surface area contributed by atoms with E-state index >= 15 is 0 Å². The summed E-state index contributed by atoms with van der Waals surface area (Å²) in [4.78, 5) is 0. The van der Waals surface area contributed by atoms with Crippen LogP contribution in [0.15, 0.2) is 18.2 Å². The van der Waals surface area contributed by atoms with Gasteiger partial charge >= 0.3 is 68.6 Å². The Morgan fingerprint density at radius 1 is 1.20 bits per heavy atom. The monoisotopic (exact) mass is 208 g/mol. The van der Waals surface area contributed by atoms with Crippen LogP contribution in [0.2, 0.25) is 0 Å². The minimum Gasteiger partial charge on any atom is -1.00 e. The number of hydrogen-bond acceptors (Lipinski definition) is 0. The van der Waals surface area contributed by atoms with Gasteiger partial charge in [-0.1, -0.05) is 0 Å². The molecule has 50 valence electrons. The summed E-state index contributed by atoms with van der Waals surface area (Å²) in [7, 11) is 0. The Morgan fingerprint density at radius 3 is 2.20 bits per heavy atom. The van der Waals surface area contributed by atoms with Gasteiger partial charge in [-0.25, -0.2) is 0 Å². The summed E-state index contributed by atoms with van der Waals surface area (Å²) < 4.78 is 1.41. The second-order valence-electron chi connectivity index (χ2n) is 2.43. The van der Waals surface area contributed by atoms with Gasteiger partial charge in [-0.2, -0.15) is 0 Å². The standard InChI is InChI=1S/C8H9.BrH.Mg/c1-7-3-5-8(2)6-4-7;;/h3-5H,1-2H3;1H;/q;;+1/p-1. The molecule has 2 heteroatoms. The number of aryl methyl sites for hydroxylation is 2. The number of rotatable bonds is 0. The van der Waals surface area contributed by atoms with Crippen LogP contribution in [-0.2, 0) is 0 Å². The normalized spacial score (nSPS) is 8.80. The number of hydrogen-bond donors (Lipinski definition) is 0. The Hall–Kier alpha value is 0.466. The van der Waals surface area contributed by atoms with E-state index in [4.69, 9.17) is 0 Å². The molecule has 0 radical (unpaired) electrons. The SMILES string of the molecule is Cc1ccc(C)[c]([Mg+])c1.[Br-]. The van der Waals surface area contributed by atoms with Crippen molar-refractivity contribution in [1.29, 1.82) is 0 Å².